The molecule has 2 aromatic carbocycles. The summed E-state index contributed by atoms with van der Waals surface area (Å²) in [5.74, 6) is 1.21. The molecule has 0 fully saturated rings. The first-order valence-electron chi connectivity index (χ1n) is 5.90. The Morgan fingerprint density at radius 3 is 2.60 bits per heavy atom. The first-order valence-corrected chi connectivity index (χ1v) is 6.66. The van der Waals surface area contributed by atoms with E-state index in [4.69, 9.17) is 33.7 Å². The van der Waals surface area contributed by atoms with Gasteiger partial charge in [-0.2, -0.15) is 0 Å². The molecule has 1 heterocycles. The van der Waals surface area contributed by atoms with Crippen LogP contribution >= 0.6 is 23.2 Å². The maximum Gasteiger partial charge on any atom is 0.146 e. The van der Waals surface area contributed by atoms with Crippen LogP contribution in [0.3, 0.4) is 0 Å². The molecule has 3 aromatic rings. The minimum Gasteiger partial charge on any atom is -0.455 e. The Bertz CT molecular complexity index is 790. The first kappa shape index (κ1) is 13.0. The molecule has 20 heavy (non-hydrogen) atoms. The summed E-state index contributed by atoms with van der Waals surface area (Å²) in [4.78, 5) is 4.26. The molecular weight excluding hydrogens is 295 g/mol. The van der Waals surface area contributed by atoms with Gasteiger partial charge in [0.05, 0.1) is 10.5 Å². The quantitative estimate of drug-likeness (QED) is 0.684. The molecule has 0 radical (unpaired) electrons. The lowest BCUT2D eigenvalue weighted by molar-refractivity contribution is 0.488. The van der Waals surface area contributed by atoms with Crippen LogP contribution in [0.2, 0.25) is 10.0 Å². The Morgan fingerprint density at radius 2 is 1.80 bits per heavy atom. The van der Waals surface area contributed by atoms with E-state index in [2.05, 4.69) is 4.98 Å². The maximum atomic E-state index is 6.11. The number of rotatable bonds is 2. The van der Waals surface area contributed by atoms with Crippen LogP contribution in [-0.2, 0) is 0 Å². The number of pyridine rings is 1. The van der Waals surface area contributed by atoms with Gasteiger partial charge in [-0.15, -0.1) is 0 Å². The third-order valence-electron chi connectivity index (χ3n) is 2.84. The third kappa shape index (κ3) is 2.50. The number of fused-ring (bicyclic) bond motifs is 1. The molecule has 0 amide bonds. The summed E-state index contributed by atoms with van der Waals surface area (Å²) in [5, 5.41) is 1.96. The van der Waals surface area contributed by atoms with Gasteiger partial charge in [-0.3, -0.25) is 4.98 Å². The van der Waals surface area contributed by atoms with Crippen molar-refractivity contribution in [3.8, 4) is 11.5 Å². The number of hydrogen-bond acceptors (Lipinski definition) is 3. The second-order valence-electron chi connectivity index (χ2n) is 4.26. The normalized spacial score (nSPS) is 10.7. The van der Waals surface area contributed by atoms with E-state index in [1.165, 1.54) is 0 Å². The number of aromatic nitrogens is 1. The van der Waals surface area contributed by atoms with Crippen molar-refractivity contribution in [3.63, 3.8) is 0 Å². The van der Waals surface area contributed by atoms with E-state index in [0.717, 1.165) is 10.9 Å². The van der Waals surface area contributed by atoms with Crippen molar-refractivity contribution in [2.75, 3.05) is 5.73 Å². The van der Waals surface area contributed by atoms with Crippen LogP contribution in [0.15, 0.2) is 48.7 Å². The number of ether oxygens (including phenoxy) is 1. The summed E-state index contributed by atoms with van der Waals surface area (Å²) >= 11 is 12.1. The van der Waals surface area contributed by atoms with Gasteiger partial charge in [0.25, 0.3) is 0 Å². The van der Waals surface area contributed by atoms with Crippen LogP contribution in [0, 0.1) is 0 Å². The van der Waals surface area contributed by atoms with Crippen molar-refractivity contribution < 1.29 is 4.74 Å². The lowest BCUT2D eigenvalue weighted by Crippen LogP contribution is -1.90. The Balaban J connectivity index is 2.06. The smallest absolute Gasteiger partial charge is 0.146 e. The van der Waals surface area contributed by atoms with Crippen LogP contribution in [0.25, 0.3) is 10.9 Å². The van der Waals surface area contributed by atoms with E-state index in [1.807, 2.05) is 6.07 Å². The van der Waals surface area contributed by atoms with Crippen molar-refractivity contribution in [2.24, 2.45) is 0 Å². The van der Waals surface area contributed by atoms with Crippen LogP contribution in [0.4, 0.5) is 5.69 Å². The third-order valence-corrected chi connectivity index (χ3v) is 3.37. The lowest BCUT2D eigenvalue weighted by atomic mass is 10.2. The number of nitrogens with zero attached hydrogens (tertiary/aromatic N) is 1. The van der Waals surface area contributed by atoms with Crippen molar-refractivity contribution in [1.82, 2.24) is 4.98 Å². The number of halogens is 2. The first-order chi connectivity index (χ1) is 9.63. The van der Waals surface area contributed by atoms with Crippen LogP contribution in [0.1, 0.15) is 0 Å². The van der Waals surface area contributed by atoms with Gasteiger partial charge < -0.3 is 10.5 Å². The zero-order valence-electron chi connectivity index (χ0n) is 10.3. The molecule has 2 N–H and O–H groups in total. The molecule has 0 saturated heterocycles. The van der Waals surface area contributed by atoms with E-state index in [1.54, 1.807) is 42.6 Å². The fraction of sp³-hybridized carbons (Fsp3) is 0. The van der Waals surface area contributed by atoms with Gasteiger partial charge in [0.1, 0.15) is 11.5 Å². The molecular formula is C15H10Cl2N2O. The molecule has 0 aliphatic carbocycles. The van der Waals surface area contributed by atoms with E-state index in [9.17, 15) is 0 Å². The molecule has 3 nitrogen and oxygen atoms in total. The maximum absolute atomic E-state index is 6.11. The molecule has 0 aliphatic rings. The second kappa shape index (κ2) is 5.19. The largest absolute Gasteiger partial charge is 0.455 e. The minimum atomic E-state index is 0.462. The summed E-state index contributed by atoms with van der Waals surface area (Å²) in [6, 6.07) is 12.4. The fourth-order valence-corrected chi connectivity index (χ4v) is 2.30. The van der Waals surface area contributed by atoms with Crippen molar-refractivity contribution in [1.29, 1.82) is 0 Å². The molecule has 3 rings (SSSR count). The highest BCUT2D eigenvalue weighted by molar-refractivity contribution is 6.32. The van der Waals surface area contributed by atoms with E-state index < -0.39 is 0 Å². The van der Waals surface area contributed by atoms with E-state index in [-0.39, 0.29) is 0 Å². The second-order valence-corrected chi connectivity index (χ2v) is 5.11. The molecule has 0 unspecified atom stereocenters. The van der Waals surface area contributed by atoms with Crippen molar-refractivity contribution in [3.05, 3.63) is 58.7 Å². The molecule has 0 saturated carbocycles. The van der Waals surface area contributed by atoms with Crippen molar-refractivity contribution in [2.45, 2.75) is 0 Å². The standard InChI is InChI=1S/C15H10Cl2N2O/c16-9-1-3-11-13(7-9)19-6-5-14(11)20-15-4-2-10(18)8-12(15)17/h1-8H,18H2. The highest BCUT2D eigenvalue weighted by Crippen LogP contribution is 2.34. The summed E-state index contributed by atoms with van der Waals surface area (Å²) in [7, 11) is 0. The predicted molar refractivity (Wildman–Crippen MR) is 82.7 cm³/mol. The van der Waals surface area contributed by atoms with Gasteiger partial charge in [-0.1, -0.05) is 23.2 Å². The minimum absolute atomic E-state index is 0.462. The topological polar surface area (TPSA) is 48.1 Å². The Morgan fingerprint density at radius 1 is 0.950 bits per heavy atom. The van der Waals surface area contributed by atoms with Gasteiger partial charge in [0.15, 0.2) is 0 Å². The Kier molecular flexibility index (Phi) is 3.38. The molecule has 0 aliphatic heterocycles. The summed E-state index contributed by atoms with van der Waals surface area (Å²) in [5.41, 5.74) is 7.02. The number of benzene rings is 2. The molecule has 5 heteroatoms. The van der Waals surface area contributed by atoms with Gasteiger partial charge in [0.2, 0.25) is 0 Å². The average Bonchev–Trinajstić information content (AvgIpc) is 2.41. The van der Waals surface area contributed by atoms with E-state index in [0.29, 0.717) is 27.2 Å². The summed E-state index contributed by atoms with van der Waals surface area (Å²) < 4.78 is 5.85. The summed E-state index contributed by atoms with van der Waals surface area (Å²) in [6.45, 7) is 0. The highest BCUT2D eigenvalue weighted by atomic mass is 35.5. The monoisotopic (exact) mass is 304 g/mol. The zero-order chi connectivity index (χ0) is 14.1. The summed E-state index contributed by atoms with van der Waals surface area (Å²) in [6.07, 6.45) is 1.67. The number of nitrogens with two attached hydrogens (primary N) is 1. The number of hydrogen-bond donors (Lipinski definition) is 1. The highest BCUT2D eigenvalue weighted by Gasteiger charge is 2.08. The lowest BCUT2D eigenvalue weighted by Gasteiger charge is -2.10. The molecule has 0 bridgehead atoms. The van der Waals surface area contributed by atoms with Gasteiger partial charge in [-0.25, -0.2) is 0 Å². The van der Waals surface area contributed by atoms with Crippen LogP contribution in [-0.4, -0.2) is 4.98 Å². The predicted octanol–water partition coefficient (Wildman–Crippen LogP) is 4.92. The number of anilines is 1. The van der Waals surface area contributed by atoms with Crippen LogP contribution in [0.5, 0.6) is 11.5 Å². The Labute approximate surface area is 125 Å². The van der Waals surface area contributed by atoms with Crippen molar-refractivity contribution >= 4 is 39.8 Å². The molecule has 0 atom stereocenters. The van der Waals surface area contributed by atoms with Gasteiger partial charge in [-0.05, 0) is 42.5 Å². The SMILES string of the molecule is Nc1ccc(Oc2ccnc3cc(Cl)ccc23)c(Cl)c1. The van der Waals surface area contributed by atoms with Gasteiger partial charge >= 0.3 is 0 Å². The van der Waals surface area contributed by atoms with E-state index >= 15 is 0 Å². The molecule has 1 aromatic heterocycles. The molecule has 100 valence electrons. The fourth-order valence-electron chi connectivity index (χ4n) is 1.90. The van der Waals surface area contributed by atoms with Crippen LogP contribution < -0.4 is 10.5 Å². The number of nitrogen functional groups attached to an aromatic ring is 1. The van der Waals surface area contributed by atoms with Gasteiger partial charge in [0, 0.05) is 22.3 Å². The molecule has 0 spiro atoms. The Hall–Kier alpha value is -1.97. The average molecular weight is 305 g/mol. The zero-order valence-corrected chi connectivity index (χ0v) is 11.8.